The van der Waals surface area contributed by atoms with Crippen LogP contribution in [0.2, 0.25) is 0 Å². The Labute approximate surface area is 99.2 Å². The zero-order chi connectivity index (χ0) is 12.5. The second-order valence-electron chi connectivity index (χ2n) is 3.01. The van der Waals surface area contributed by atoms with Crippen LogP contribution in [0.3, 0.4) is 0 Å². The second kappa shape index (κ2) is 4.61. The molecule has 0 saturated carbocycles. The Balaban J connectivity index is 3.57. The molecular formula is C10H8BrFO4. The van der Waals surface area contributed by atoms with Crippen LogP contribution in [0, 0.1) is 12.7 Å². The number of halogens is 2. The number of carbonyl (C=O) groups is 2. The van der Waals surface area contributed by atoms with E-state index in [2.05, 4.69) is 15.9 Å². The minimum atomic E-state index is -1.65. The van der Waals surface area contributed by atoms with Gasteiger partial charge in [-0.1, -0.05) is 0 Å². The van der Waals surface area contributed by atoms with Gasteiger partial charge in [0.05, 0.1) is 17.1 Å². The quantitative estimate of drug-likeness (QED) is 0.684. The number of methoxy groups -OCH3 is 1. The molecule has 1 aromatic rings. The molecule has 0 aromatic heterocycles. The molecule has 0 bridgehead atoms. The monoisotopic (exact) mass is 290 g/mol. The maximum atomic E-state index is 13.3. The molecule has 0 unspecified atom stereocenters. The van der Waals surface area contributed by atoms with Gasteiger partial charge in [-0.2, -0.15) is 0 Å². The topological polar surface area (TPSA) is 63.6 Å². The Morgan fingerprint density at radius 3 is 2.50 bits per heavy atom. The lowest BCUT2D eigenvalue weighted by Gasteiger charge is -2.11. The third-order valence-corrected chi connectivity index (χ3v) is 2.65. The van der Waals surface area contributed by atoms with Gasteiger partial charge in [-0.25, -0.2) is 9.18 Å². The minimum absolute atomic E-state index is 0.0197. The number of ketones is 1. The average molecular weight is 291 g/mol. The van der Waals surface area contributed by atoms with Crippen molar-refractivity contribution < 1.29 is 23.8 Å². The summed E-state index contributed by atoms with van der Waals surface area (Å²) in [5.74, 6) is -3.50. The SMILES string of the molecule is COc1c(Br)cc(F)c(C)c1C(=O)C(=O)O. The van der Waals surface area contributed by atoms with Gasteiger partial charge in [-0.05, 0) is 34.5 Å². The van der Waals surface area contributed by atoms with Gasteiger partial charge in [0.15, 0.2) is 0 Å². The molecule has 1 aromatic carbocycles. The van der Waals surface area contributed by atoms with Gasteiger partial charge in [0, 0.05) is 0 Å². The number of carboxylic acid groups (broad SMARTS) is 1. The summed E-state index contributed by atoms with van der Waals surface area (Å²) < 4.78 is 18.4. The summed E-state index contributed by atoms with van der Waals surface area (Å²) in [5, 5.41) is 8.62. The van der Waals surface area contributed by atoms with Gasteiger partial charge >= 0.3 is 5.97 Å². The Morgan fingerprint density at radius 2 is 2.06 bits per heavy atom. The first kappa shape index (κ1) is 12.6. The molecular weight excluding hydrogens is 283 g/mol. The van der Waals surface area contributed by atoms with Crippen molar-refractivity contribution in [3.05, 3.63) is 27.5 Å². The molecule has 0 radical (unpaired) electrons. The number of ether oxygens (including phenoxy) is 1. The normalized spacial score (nSPS) is 10.0. The van der Waals surface area contributed by atoms with E-state index in [1.165, 1.54) is 14.0 Å². The predicted octanol–water partition coefficient (Wildman–Crippen LogP) is 2.17. The maximum absolute atomic E-state index is 13.3. The van der Waals surface area contributed by atoms with Gasteiger partial charge in [-0.3, -0.25) is 4.79 Å². The lowest BCUT2D eigenvalue weighted by Crippen LogP contribution is -2.16. The molecule has 0 amide bonds. The van der Waals surface area contributed by atoms with Gasteiger partial charge in [-0.15, -0.1) is 0 Å². The maximum Gasteiger partial charge on any atom is 0.377 e. The number of hydrogen-bond donors (Lipinski definition) is 1. The van der Waals surface area contributed by atoms with Crippen molar-refractivity contribution in [2.75, 3.05) is 7.11 Å². The highest BCUT2D eigenvalue weighted by Gasteiger charge is 2.25. The molecule has 0 aliphatic carbocycles. The first-order chi connectivity index (χ1) is 7.40. The molecule has 0 heterocycles. The van der Waals surface area contributed by atoms with E-state index in [1.54, 1.807) is 0 Å². The van der Waals surface area contributed by atoms with E-state index in [0.717, 1.165) is 6.07 Å². The van der Waals surface area contributed by atoms with Gasteiger partial charge < -0.3 is 9.84 Å². The summed E-state index contributed by atoms with van der Waals surface area (Å²) in [6.07, 6.45) is 0. The number of hydrogen-bond acceptors (Lipinski definition) is 3. The lowest BCUT2D eigenvalue weighted by atomic mass is 10.0. The fourth-order valence-corrected chi connectivity index (χ4v) is 1.84. The second-order valence-corrected chi connectivity index (χ2v) is 3.86. The van der Waals surface area contributed by atoms with E-state index in [9.17, 15) is 14.0 Å². The Morgan fingerprint density at radius 1 is 1.50 bits per heavy atom. The number of Topliss-reactive ketones (excluding diaryl/α,β-unsaturated/α-hetero) is 1. The van der Waals surface area contributed by atoms with Crippen molar-refractivity contribution in [1.29, 1.82) is 0 Å². The van der Waals surface area contributed by atoms with Gasteiger partial charge in [0.1, 0.15) is 11.6 Å². The Kier molecular flexibility index (Phi) is 3.64. The Hall–Kier alpha value is -1.43. The summed E-state index contributed by atoms with van der Waals surface area (Å²) >= 11 is 3.00. The molecule has 6 heteroatoms. The molecule has 0 saturated heterocycles. The first-order valence-electron chi connectivity index (χ1n) is 4.20. The third-order valence-electron chi connectivity index (χ3n) is 2.06. The molecule has 86 valence electrons. The first-order valence-corrected chi connectivity index (χ1v) is 4.99. The zero-order valence-electron chi connectivity index (χ0n) is 8.51. The predicted molar refractivity (Wildman–Crippen MR) is 57.4 cm³/mol. The number of rotatable bonds is 3. The molecule has 16 heavy (non-hydrogen) atoms. The third kappa shape index (κ3) is 2.06. The van der Waals surface area contributed by atoms with Crippen molar-refractivity contribution >= 4 is 27.7 Å². The summed E-state index contributed by atoms with van der Waals surface area (Å²) in [5.41, 5.74) is -0.325. The van der Waals surface area contributed by atoms with Crippen LogP contribution in [0.15, 0.2) is 10.5 Å². The largest absolute Gasteiger partial charge is 0.495 e. The zero-order valence-corrected chi connectivity index (χ0v) is 10.1. The van der Waals surface area contributed by atoms with Crippen molar-refractivity contribution in [3.63, 3.8) is 0 Å². The van der Waals surface area contributed by atoms with E-state index >= 15 is 0 Å². The van der Waals surface area contributed by atoms with Gasteiger partial charge in [0.25, 0.3) is 5.78 Å². The Bertz CT molecular complexity index is 470. The summed E-state index contributed by atoms with van der Waals surface area (Å²) in [4.78, 5) is 22.0. The molecule has 0 aliphatic rings. The number of benzene rings is 1. The minimum Gasteiger partial charge on any atom is -0.495 e. The van der Waals surface area contributed by atoms with Crippen molar-refractivity contribution in [3.8, 4) is 5.75 Å². The van der Waals surface area contributed by atoms with Crippen LogP contribution in [0.25, 0.3) is 0 Å². The van der Waals surface area contributed by atoms with E-state index in [4.69, 9.17) is 9.84 Å². The molecule has 1 rings (SSSR count). The molecule has 4 nitrogen and oxygen atoms in total. The number of aliphatic carboxylic acids is 1. The van der Waals surface area contributed by atoms with E-state index in [-0.39, 0.29) is 21.3 Å². The van der Waals surface area contributed by atoms with Crippen molar-refractivity contribution in [2.45, 2.75) is 6.92 Å². The number of carbonyl (C=O) groups excluding carboxylic acids is 1. The number of carboxylic acids is 1. The van der Waals surface area contributed by atoms with Crippen LogP contribution in [0.1, 0.15) is 15.9 Å². The van der Waals surface area contributed by atoms with Crippen LogP contribution in [-0.4, -0.2) is 24.0 Å². The summed E-state index contributed by atoms with van der Waals surface area (Å²) in [6.45, 7) is 1.32. The van der Waals surface area contributed by atoms with Crippen molar-refractivity contribution in [2.24, 2.45) is 0 Å². The average Bonchev–Trinajstić information content (AvgIpc) is 2.21. The van der Waals surface area contributed by atoms with Crippen LogP contribution >= 0.6 is 15.9 Å². The van der Waals surface area contributed by atoms with Crippen LogP contribution in [-0.2, 0) is 4.79 Å². The van der Waals surface area contributed by atoms with Crippen LogP contribution < -0.4 is 4.74 Å². The highest BCUT2D eigenvalue weighted by atomic mass is 79.9. The highest BCUT2D eigenvalue weighted by molar-refractivity contribution is 9.10. The van der Waals surface area contributed by atoms with E-state index in [1.807, 2.05) is 0 Å². The fraction of sp³-hybridized carbons (Fsp3) is 0.200. The van der Waals surface area contributed by atoms with E-state index < -0.39 is 17.6 Å². The highest BCUT2D eigenvalue weighted by Crippen LogP contribution is 2.33. The molecule has 1 N–H and O–H groups in total. The molecule has 0 atom stereocenters. The van der Waals surface area contributed by atoms with Crippen LogP contribution in [0.4, 0.5) is 4.39 Å². The fourth-order valence-electron chi connectivity index (χ4n) is 1.27. The van der Waals surface area contributed by atoms with E-state index in [0.29, 0.717) is 0 Å². The summed E-state index contributed by atoms with van der Waals surface area (Å²) in [6, 6.07) is 1.12. The summed E-state index contributed by atoms with van der Waals surface area (Å²) in [7, 11) is 1.27. The molecule has 0 aliphatic heterocycles. The molecule has 0 spiro atoms. The van der Waals surface area contributed by atoms with Gasteiger partial charge in [0.2, 0.25) is 0 Å². The molecule has 0 fully saturated rings. The standard InChI is InChI=1S/C10H8BrFO4/c1-4-6(12)3-5(11)9(16-2)7(4)8(13)10(14)15/h3H,1-2H3,(H,14,15). The van der Waals surface area contributed by atoms with Crippen molar-refractivity contribution in [1.82, 2.24) is 0 Å². The van der Waals surface area contributed by atoms with Crippen LogP contribution in [0.5, 0.6) is 5.75 Å². The smallest absolute Gasteiger partial charge is 0.377 e. The lowest BCUT2D eigenvalue weighted by molar-refractivity contribution is -0.131.